The van der Waals surface area contributed by atoms with Crippen molar-refractivity contribution in [1.29, 1.82) is 0 Å². The summed E-state index contributed by atoms with van der Waals surface area (Å²) in [6, 6.07) is 9.24. The van der Waals surface area contributed by atoms with E-state index in [1.807, 2.05) is 35.9 Å². The van der Waals surface area contributed by atoms with E-state index < -0.39 is 17.2 Å². The highest BCUT2D eigenvalue weighted by atomic mass is 35.5. The van der Waals surface area contributed by atoms with Crippen LogP contribution < -0.4 is 10.1 Å². The maximum absolute atomic E-state index is 13.8. The Kier molecular flexibility index (Phi) is 8.10. The number of nitrogens with zero attached hydrogens (tertiary/aromatic N) is 2. The van der Waals surface area contributed by atoms with Crippen molar-refractivity contribution in [2.45, 2.75) is 39.2 Å². The van der Waals surface area contributed by atoms with E-state index in [0.717, 1.165) is 29.1 Å². The van der Waals surface area contributed by atoms with Gasteiger partial charge in [0, 0.05) is 17.6 Å². The molecule has 34 heavy (non-hydrogen) atoms. The Hall–Kier alpha value is -3.19. The van der Waals surface area contributed by atoms with Crippen LogP contribution in [0.25, 0.3) is 11.8 Å². The third kappa shape index (κ3) is 6.03. The summed E-state index contributed by atoms with van der Waals surface area (Å²) in [5.74, 6) is -1.17. The topological polar surface area (TPSA) is 56.1 Å². The van der Waals surface area contributed by atoms with Crippen LogP contribution in [0.1, 0.15) is 43.5 Å². The van der Waals surface area contributed by atoms with Crippen LogP contribution in [-0.2, 0) is 10.3 Å². The van der Waals surface area contributed by atoms with Crippen molar-refractivity contribution in [2.24, 2.45) is 0 Å². The van der Waals surface area contributed by atoms with Crippen molar-refractivity contribution >= 4 is 23.6 Å². The van der Waals surface area contributed by atoms with E-state index >= 15 is 0 Å². The molecule has 0 aliphatic heterocycles. The summed E-state index contributed by atoms with van der Waals surface area (Å²) in [7, 11) is 1.58. The van der Waals surface area contributed by atoms with E-state index in [-0.39, 0.29) is 5.91 Å². The highest BCUT2D eigenvalue weighted by molar-refractivity contribution is 6.17. The molecule has 0 fully saturated rings. The molecular weight excluding hydrogens is 460 g/mol. The summed E-state index contributed by atoms with van der Waals surface area (Å²) < 4.78 is 34.6. The first-order valence-electron chi connectivity index (χ1n) is 10.9. The van der Waals surface area contributed by atoms with E-state index in [4.69, 9.17) is 16.3 Å². The summed E-state index contributed by atoms with van der Waals surface area (Å²) >= 11 is 5.89. The molecule has 1 aromatic heterocycles. The van der Waals surface area contributed by atoms with Gasteiger partial charge < -0.3 is 14.6 Å². The lowest BCUT2D eigenvalue weighted by Crippen LogP contribution is -2.41. The van der Waals surface area contributed by atoms with Gasteiger partial charge in [-0.25, -0.2) is 13.8 Å². The second kappa shape index (κ2) is 10.8. The fraction of sp³-hybridized carbons (Fsp3) is 0.308. The maximum atomic E-state index is 13.8. The van der Waals surface area contributed by atoms with Gasteiger partial charge >= 0.3 is 0 Å². The predicted octanol–water partition coefficient (Wildman–Crippen LogP) is 5.92. The Morgan fingerprint density at radius 1 is 1.21 bits per heavy atom. The first-order valence-corrected chi connectivity index (χ1v) is 11.4. The largest absolute Gasteiger partial charge is 0.495 e. The average Bonchev–Trinajstić information content (AvgIpc) is 3.23. The van der Waals surface area contributed by atoms with E-state index in [1.54, 1.807) is 33.4 Å². The smallest absolute Gasteiger partial charge is 0.247 e. The van der Waals surface area contributed by atoms with Crippen molar-refractivity contribution in [3.8, 4) is 11.4 Å². The molecule has 3 rings (SSSR count). The van der Waals surface area contributed by atoms with Gasteiger partial charge in [-0.1, -0.05) is 12.1 Å². The monoisotopic (exact) mass is 487 g/mol. The summed E-state index contributed by atoms with van der Waals surface area (Å²) in [6.07, 6.45) is 6.45. The number of halogens is 3. The number of alkyl halides is 1. The van der Waals surface area contributed by atoms with E-state index in [2.05, 4.69) is 10.3 Å². The van der Waals surface area contributed by atoms with Gasteiger partial charge in [-0.3, -0.25) is 4.79 Å². The zero-order valence-corrected chi connectivity index (χ0v) is 20.4. The third-order valence-corrected chi connectivity index (χ3v) is 5.74. The highest BCUT2D eigenvalue weighted by Gasteiger charge is 2.25. The minimum atomic E-state index is -0.960. The van der Waals surface area contributed by atoms with Crippen molar-refractivity contribution in [2.75, 3.05) is 13.0 Å². The van der Waals surface area contributed by atoms with Crippen LogP contribution in [0.3, 0.4) is 0 Å². The second-order valence-electron chi connectivity index (χ2n) is 8.52. The molecule has 1 heterocycles. The first-order chi connectivity index (χ1) is 16.1. The van der Waals surface area contributed by atoms with Gasteiger partial charge in [0.05, 0.1) is 30.4 Å². The number of aryl methyl sites for hydroxylation is 1. The van der Waals surface area contributed by atoms with Gasteiger partial charge in [-0.05, 0) is 75.1 Å². The molecular formula is C26H28ClF2N3O2. The number of nitrogens with one attached hydrogen (secondary N) is 1. The molecule has 1 N–H and O–H groups in total. The van der Waals surface area contributed by atoms with E-state index in [1.165, 1.54) is 6.07 Å². The number of methoxy groups -OCH3 is 1. The molecule has 0 bridgehead atoms. The van der Waals surface area contributed by atoms with Gasteiger partial charge in [0.2, 0.25) is 5.91 Å². The standard InChI is InChI=1S/C26H28ClF2N3O2/c1-17-15-32(16-30-17)23-10-7-18(13-24(23)34-4)12-19(6-5-11-27)25(33)31-26(2,3)20-8-9-21(28)22(29)14-20/h7-10,12-16H,5-6,11H2,1-4H3,(H,31,33). The number of amides is 1. The number of benzene rings is 2. The Bertz CT molecular complexity index is 1200. The van der Waals surface area contributed by atoms with Crippen LogP contribution in [0.5, 0.6) is 5.75 Å². The Morgan fingerprint density at radius 2 is 1.97 bits per heavy atom. The number of imidazole rings is 1. The molecule has 8 heteroatoms. The van der Waals surface area contributed by atoms with Gasteiger partial charge in [-0.2, -0.15) is 0 Å². The minimum Gasteiger partial charge on any atom is -0.495 e. The van der Waals surface area contributed by atoms with Crippen molar-refractivity contribution in [3.05, 3.63) is 83.0 Å². The number of carbonyl (C=O) groups excluding carboxylic acids is 1. The second-order valence-corrected chi connectivity index (χ2v) is 8.90. The lowest BCUT2D eigenvalue weighted by Gasteiger charge is -2.28. The number of aromatic nitrogens is 2. The van der Waals surface area contributed by atoms with Crippen LogP contribution in [0.4, 0.5) is 8.78 Å². The summed E-state index contributed by atoms with van der Waals surface area (Å²) in [6.45, 7) is 5.38. The molecule has 1 amide bonds. The SMILES string of the molecule is COc1cc(C=C(CCCCl)C(=O)NC(C)(C)c2ccc(F)c(F)c2)ccc1-n1cnc(C)c1. The molecule has 0 atom stereocenters. The molecule has 0 radical (unpaired) electrons. The fourth-order valence-electron chi connectivity index (χ4n) is 3.58. The van der Waals surface area contributed by atoms with Crippen molar-refractivity contribution in [1.82, 2.24) is 14.9 Å². The van der Waals surface area contributed by atoms with Crippen LogP contribution in [0.15, 0.2) is 54.5 Å². The summed E-state index contributed by atoms with van der Waals surface area (Å²) in [4.78, 5) is 17.5. The van der Waals surface area contributed by atoms with Crippen LogP contribution in [0.2, 0.25) is 0 Å². The molecule has 0 saturated carbocycles. The quantitative estimate of drug-likeness (QED) is 0.301. The molecule has 2 aromatic carbocycles. The number of ether oxygens (including phenoxy) is 1. The highest BCUT2D eigenvalue weighted by Crippen LogP contribution is 2.27. The normalized spacial score (nSPS) is 12.0. The van der Waals surface area contributed by atoms with Crippen LogP contribution >= 0.6 is 11.6 Å². The van der Waals surface area contributed by atoms with Gasteiger partial charge in [0.15, 0.2) is 11.6 Å². The Morgan fingerprint density at radius 3 is 2.59 bits per heavy atom. The van der Waals surface area contributed by atoms with Gasteiger partial charge in [0.1, 0.15) is 5.75 Å². The molecule has 180 valence electrons. The zero-order valence-electron chi connectivity index (χ0n) is 19.7. The lowest BCUT2D eigenvalue weighted by atomic mass is 9.93. The average molecular weight is 488 g/mol. The number of carbonyl (C=O) groups is 1. The number of rotatable bonds is 9. The molecule has 3 aromatic rings. The van der Waals surface area contributed by atoms with E-state index in [0.29, 0.717) is 35.6 Å². The van der Waals surface area contributed by atoms with Crippen LogP contribution in [0, 0.1) is 18.6 Å². The number of hydrogen-bond donors (Lipinski definition) is 1. The Labute approximate surface area is 203 Å². The molecule has 0 spiro atoms. The van der Waals surface area contributed by atoms with Gasteiger partial charge in [0.25, 0.3) is 0 Å². The fourth-order valence-corrected chi connectivity index (χ4v) is 3.71. The van der Waals surface area contributed by atoms with Gasteiger partial charge in [-0.15, -0.1) is 11.6 Å². The van der Waals surface area contributed by atoms with Crippen LogP contribution in [-0.4, -0.2) is 28.4 Å². The summed E-state index contributed by atoms with van der Waals surface area (Å²) in [5.41, 5.74) is 2.54. The van der Waals surface area contributed by atoms with Crippen molar-refractivity contribution < 1.29 is 18.3 Å². The summed E-state index contributed by atoms with van der Waals surface area (Å²) in [5, 5.41) is 2.93. The zero-order chi connectivity index (χ0) is 24.9. The van der Waals surface area contributed by atoms with Crippen molar-refractivity contribution in [3.63, 3.8) is 0 Å². The number of hydrogen-bond acceptors (Lipinski definition) is 3. The predicted molar refractivity (Wildman–Crippen MR) is 130 cm³/mol. The molecule has 0 aliphatic rings. The minimum absolute atomic E-state index is 0.312. The maximum Gasteiger partial charge on any atom is 0.247 e. The first kappa shape index (κ1) is 25.4. The molecule has 0 saturated heterocycles. The molecule has 5 nitrogen and oxygen atoms in total. The van der Waals surface area contributed by atoms with E-state index in [9.17, 15) is 13.6 Å². The lowest BCUT2D eigenvalue weighted by molar-refractivity contribution is -0.119. The molecule has 0 aliphatic carbocycles. The third-order valence-electron chi connectivity index (χ3n) is 5.47. The molecule has 0 unspecified atom stereocenters. The Balaban J connectivity index is 1.90.